The number of benzene rings is 3. The normalized spacial score (nSPS) is 10.8. The molecule has 1 amide bonds. The minimum Gasteiger partial charge on any atom is -0.506 e. The molecule has 0 bridgehead atoms. The first-order valence-electron chi connectivity index (χ1n) is 8.31. The van der Waals surface area contributed by atoms with Crippen molar-refractivity contribution in [2.24, 2.45) is 5.10 Å². The van der Waals surface area contributed by atoms with Gasteiger partial charge in [-0.15, -0.1) is 0 Å². The van der Waals surface area contributed by atoms with Crippen LogP contribution in [0.15, 0.2) is 76.3 Å². The van der Waals surface area contributed by atoms with Crippen LogP contribution in [0.1, 0.15) is 5.56 Å². The molecule has 0 aliphatic heterocycles. The molecule has 0 aliphatic carbocycles. The molecule has 0 heterocycles. The molecule has 0 radical (unpaired) electrons. The number of phenols is 1. The van der Waals surface area contributed by atoms with Gasteiger partial charge in [-0.25, -0.2) is 5.43 Å². The largest absolute Gasteiger partial charge is 0.506 e. The molecule has 5 nitrogen and oxygen atoms in total. The number of ether oxygens (including phenoxy) is 1. The van der Waals surface area contributed by atoms with Crippen molar-refractivity contribution in [1.82, 2.24) is 5.43 Å². The van der Waals surface area contributed by atoms with Gasteiger partial charge in [-0.3, -0.25) is 4.79 Å². The van der Waals surface area contributed by atoms with Crippen molar-refractivity contribution in [3.8, 4) is 22.6 Å². The summed E-state index contributed by atoms with van der Waals surface area (Å²) in [4.78, 5) is 11.9. The summed E-state index contributed by atoms with van der Waals surface area (Å²) in [5.74, 6) is 0.308. The quantitative estimate of drug-likeness (QED) is 0.259. The Hall–Kier alpha value is -2.39. The van der Waals surface area contributed by atoms with E-state index in [9.17, 15) is 9.90 Å². The van der Waals surface area contributed by atoms with E-state index in [0.717, 1.165) is 15.6 Å². The fourth-order valence-electron chi connectivity index (χ4n) is 2.41. The van der Waals surface area contributed by atoms with Crippen molar-refractivity contribution in [3.05, 3.63) is 80.3 Å². The molecular weight excluding hydrogens is 535 g/mol. The highest BCUT2D eigenvalue weighted by Gasteiger charge is 2.06. The maximum absolute atomic E-state index is 11.9. The predicted molar refractivity (Wildman–Crippen MR) is 122 cm³/mol. The van der Waals surface area contributed by atoms with Crippen molar-refractivity contribution in [2.75, 3.05) is 6.61 Å². The van der Waals surface area contributed by atoms with E-state index < -0.39 is 5.91 Å². The number of aromatic hydroxyl groups is 1. The van der Waals surface area contributed by atoms with Crippen molar-refractivity contribution in [1.29, 1.82) is 0 Å². The Morgan fingerprint density at radius 2 is 1.79 bits per heavy atom. The van der Waals surface area contributed by atoms with E-state index in [-0.39, 0.29) is 12.4 Å². The van der Waals surface area contributed by atoms with Crippen molar-refractivity contribution in [3.63, 3.8) is 0 Å². The molecule has 142 valence electrons. The summed E-state index contributed by atoms with van der Waals surface area (Å²) >= 11 is 5.37. The van der Waals surface area contributed by atoms with Crippen LogP contribution in [0.25, 0.3) is 11.1 Å². The highest BCUT2D eigenvalue weighted by molar-refractivity contribution is 14.1. The zero-order valence-electron chi connectivity index (χ0n) is 14.6. The first kappa shape index (κ1) is 20.3. The van der Waals surface area contributed by atoms with Crippen LogP contribution in [0.4, 0.5) is 0 Å². The van der Waals surface area contributed by atoms with Crippen LogP contribution < -0.4 is 10.2 Å². The molecule has 0 aromatic heterocycles. The smallest absolute Gasteiger partial charge is 0.277 e. The van der Waals surface area contributed by atoms with E-state index in [1.165, 1.54) is 6.21 Å². The molecule has 7 heteroatoms. The maximum atomic E-state index is 11.9. The van der Waals surface area contributed by atoms with E-state index in [1.807, 2.05) is 77.2 Å². The highest BCUT2D eigenvalue weighted by Crippen LogP contribution is 2.27. The van der Waals surface area contributed by atoms with Crippen LogP contribution in [0.3, 0.4) is 0 Å². The molecule has 0 aliphatic rings. The number of amides is 1. The van der Waals surface area contributed by atoms with Crippen LogP contribution in [-0.2, 0) is 4.79 Å². The van der Waals surface area contributed by atoms with Gasteiger partial charge in [0.1, 0.15) is 11.5 Å². The lowest BCUT2D eigenvalue weighted by atomic mass is 10.1. The van der Waals surface area contributed by atoms with Gasteiger partial charge >= 0.3 is 0 Å². The number of rotatable bonds is 6. The van der Waals surface area contributed by atoms with Crippen LogP contribution >= 0.6 is 38.5 Å². The molecule has 3 aromatic rings. The zero-order chi connectivity index (χ0) is 19.9. The van der Waals surface area contributed by atoms with E-state index in [1.54, 1.807) is 12.1 Å². The second kappa shape index (κ2) is 9.70. The molecule has 0 saturated carbocycles. The fourth-order valence-corrected chi connectivity index (χ4v) is 3.96. The SMILES string of the molecule is O=C(COc1ccc(-c2ccccc2)cc1)NN=Cc1cc(Br)cc(I)c1O. The third kappa shape index (κ3) is 5.56. The Kier molecular flexibility index (Phi) is 7.05. The van der Waals surface area contributed by atoms with Gasteiger partial charge in [-0.2, -0.15) is 5.10 Å². The number of hydrogen-bond donors (Lipinski definition) is 2. The van der Waals surface area contributed by atoms with Crippen molar-refractivity contribution < 1.29 is 14.6 Å². The lowest BCUT2D eigenvalue weighted by Gasteiger charge is -2.07. The van der Waals surface area contributed by atoms with Crippen LogP contribution in [0.2, 0.25) is 0 Å². The van der Waals surface area contributed by atoms with Crippen LogP contribution in [0, 0.1) is 3.57 Å². The molecule has 3 aromatic carbocycles. The highest BCUT2D eigenvalue weighted by atomic mass is 127. The summed E-state index contributed by atoms with van der Waals surface area (Å²) in [6.07, 6.45) is 1.38. The number of nitrogens with one attached hydrogen (secondary N) is 1. The Balaban J connectivity index is 1.52. The molecular formula is C21H16BrIN2O3. The van der Waals surface area contributed by atoms with Gasteiger partial charge in [-0.1, -0.05) is 58.4 Å². The first-order valence-corrected chi connectivity index (χ1v) is 10.2. The number of carbonyl (C=O) groups is 1. The standard InChI is InChI=1S/C21H16BrIN2O3/c22-17-10-16(21(27)19(23)11-17)12-24-25-20(26)13-28-18-8-6-15(7-9-18)14-4-2-1-3-5-14/h1-12,27H,13H2,(H,25,26). The van der Waals surface area contributed by atoms with Crippen LogP contribution in [-0.4, -0.2) is 23.8 Å². The second-order valence-electron chi connectivity index (χ2n) is 5.80. The molecule has 3 rings (SSSR count). The topological polar surface area (TPSA) is 70.9 Å². The van der Waals surface area contributed by atoms with Gasteiger partial charge in [0, 0.05) is 10.0 Å². The summed E-state index contributed by atoms with van der Waals surface area (Å²) in [6.45, 7) is -0.163. The third-order valence-electron chi connectivity index (χ3n) is 3.78. The van der Waals surface area contributed by atoms with Gasteiger partial charge in [-0.05, 0) is 58.0 Å². The van der Waals surface area contributed by atoms with Gasteiger partial charge < -0.3 is 9.84 Å². The van der Waals surface area contributed by atoms with Crippen molar-refractivity contribution in [2.45, 2.75) is 0 Å². The minimum atomic E-state index is -0.396. The number of halogens is 2. The summed E-state index contributed by atoms with van der Waals surface area (Å²) < 4.78 is 6.97. The molecule has 28 heavy (non-hydrogen) atoms. The van der Waals surface area contributed by atoms with E-state index in [2.05, 4.69) is 26.5 Å². The summed E-state index contributed by atoms with van der Waals surface area (Å²) in [7, 11) is 0. The Bertz CT molecular complexity index is 993. The maximum Gasteiger partial charge on any atom is 0.277 e. The lowest BCUT2D eigenvalue weighted by molar-refractivity contribution is -0.123. The Morgan fingerprint density at radius 3 is 2.50 bits per heavy atom. The minimum absolute atomic E-state index is 0.108. The first-order chi connectivity index (χ1) is 13.5. The van der Waals surface area contributed by atoms with E-state index in [0.29, 0.717) is 14.9 Å². The summed E-state index contributed by atoms with van der Waals surface area (Å²) in [5, 5.41) is 13.8. The number of carbonyl (C=O) groups excluding carboxylic acids is 1. The van der Waals surface area contributed by atoms with Gasteiger partial charge in [0.05, 0.1) is 9.78 Å². The molecule has 2 N–H and O–H groups in total. The van der Waals surface area contributed by atoms with Gasteiger partial charge in [0.15, 0.2) is 6.61 Å². The second-order valence-corrected chi connectivity index (χ2v) is 7.88. The number of hydrogen-bond acceptors (Lipinski definition) is 4. The molecule has 0 unspecified atom stereocenters. The van der Waals surface area contributed by atoms with Crippen LogP contribution in [0.5, 0.6) is 11.5 Å². The third-order valence-corrected chi connectivity index (χ3v) is 5.06. The van der Waals surface area contributed by atoms with Gasteiger partial charge in [0.2, 0.25) is 0 Å². The average molecular weight is 551 g/mol. The molecule has 0 atom stereocenters. The average Bonchev–Trinajstić information content (AvgIpc) is 2.71. The molecule has 0 saturated heterocycles. The predicted octanol–water partition coefficient (Wildman–Crippen LogP) is 4.96. The Morgan fingerprint density at radius 1 is 1.11 bits per heavy atom. The lowest BCUT2D eigenvalue weighted by Crippen LogP contribution is -2.24. The number of nitrogens with zero attached hydrogens (tertiary/aromatic N) is 1. The van der Waals surface area contributed by atoms with Gasteiger partial charge in [0.25, 0.3) is 5.91 Å². The Labute approximate surface area is 184 Å². The molecule has 0 spiro atoms. The van der Waals surface area contributed by atoms with Crippen molar-refractivity contribution >= 4 is 50.6 Å². The monoisotopic (exact) mass is 550 g/mol. The zero-order valence-corrected chi connectivity index (χ0v) is 18.3. The number of hydrazone groups is 1. The summed E-state index contributed by atoms with van der Waals surface area (Å²) in [6, 6.07) is 21.0. The van der Waals surface area contributed by atoms with E-state index in [4.69, 9.17) is 4.74 Å². The molecule has 0 fully saturated rings. The summed E-state index contributed by atoms with van der Waals surface area (Å²) in [5.41, 5.74) is 5.07. The van der Waals surface area contributed by atoms with E-state index >= 15 is 0 Å². The number of phenolic OH excluding ortho intramolecular Hbond substituents is 1. The fraction of sp³-hybridized carbons (Fsp3) is 0.0476.